The molecule has 2 aromatic rings. The molecular weight excluding hydrogens is 382 g/mol. The molecule has 2 aromatic heterocycles. The fourth-order valence-corrected chi connectivity index (χ4v) is 4.10. The Labute approximate surface area is 176 Å². The monoisotopic (exact) mass is 411 g/mol. The highest BCUT2D eigenvalue weighted by Crippen LogP contribution is 2.29. The molecule has 160 valence electrons. The van der Waals surface area contributed by atoms with Crippen molar-refractivity contribution in [1.82, 2.24) is 25.6 Å². The fourth-order valence-electron chi connectivity index (χ4n) is 4.10. The molecule has 0 spiro atoms. The summed E-state index contributed by atoms with van der Waals surface area (Å²) in [5.74, 6) is 1.35. The maximum absolute atomic E-state index is 12.5. The van der Waals surface area contributed by atoms with Crippen LogP contribution in [-0.4, -0.2) is 59.9 Å². The van der Waals surface area contributed by atoms with E-state index >= 15 is 0 Å². The van der Waals surface area contributed by atoms with E-state index in [1.54, 1.807) is 6.20 Å². The standard InChI is InChI=1S/C21H29N7O2/c1-14-18(20(29)30-2)19(26-15-7-3-4-8-15)27-21(25-14)28(16-9-5-6-10-23-16)17-13-22-11-12-24-17/h5-6,9-10,15,17,22,24H,3-4,7-8,11-13H2,1-2H3,(H,25,26,27). The third-order valence-electron chi connectivity index (χ3n) is 5.61. The third-order valence-corrected chi connectivity index (χ3v) is 5.61. The Morgan fingerprint density at radius 3 is 2.73 bits per heavy atom. The number of anilines is 3. The van der Waals surface area contributed by atoms with E-state index in [1.165, 1.54) is 20.0 Å². The Balaban J connectivity index is 1.77. The van der Waals surface area contributed by atoms with Crippen LogP contribution in [-0.2, 0) is 4.74 Å². The van der Waals surface area contributed by atoms with E-state index in [2.05, 4.69) is 20.9 Å². The molecule has 0 radical (unpaired) electrons. The van der Waals surface area contributed by atoms with Crippen LogP contribution in [0.25, 0.3) is 0 Å². The summed E-state index contributed by atoms with van der Waals surface area (Å²) in [6, 6.07) is 6.06. The first-order chi connectivity index (χ1) is 14.7. The summed E-state index contributed by atoms with van der Waals surface area (Å²) in [5.41, 5.74) is 0.973. The normalized spacial score (nSPS) is 19.5. The number of esters is 1. The molecule has 1 aliphatic heterocycles. The predicted molar refractivity (Wildman–Crippen MR) is 115 cm³/mol. The van der Waals surface area contributed by atoms with Crippen molar-refractivity contribution in [3.63, 3.8) is 0 Å². The van der Waals surface area contributed by atoms with Crippen molar-refractivity contribution in [3.05, 3.63) is 35.7 Å². The molecule has 1 atom stereocenters. The predicted octanol–water partition coefficient (Wildman–Crippen LogP) is 1.98. The van der Waals surface area contributed by atoms with Crippen molar-refractivity contribution >= 4 is 23.6 Å². The minimum Gasteiger partial charge on any atom is -0.465 e. The van der Waals surface area contributed by atoms with E-state index in [1.807, 2.05) is 30.0 Å². The summed E-state index contributed by atoms with van der Waals surface area (Å²) in [4.78, 5) is 28.5. The van der Waals surface area contributed by atoms with Gasteiger partial charge in [-0.1, -0.05) is 18.9 Å². The maximum Gasteiger partial charge on any atom is 0.343 e. The van der Waals surface area contributed by atoms with E-state index < -0.39 is 5.97 Å². The number of pyridine rings is 1. The second kappa shape index (κ2) is 9.36. The highest BCUT2D eigenvalue weighted by atomic mass is 16.5. The summed E-state index contributed by atoms with van der Waals surface area (Å²) < 4.78 is 5.02. The molecule has 1 saturated carbocycles. The van der Waals surface area contributed by atoms with Crippen LogP contribution in [0.1, 0.15) is 41.7 Å². The number of aromatic nitrogens is 3. The van der Waals surface area contributed by atoms with Gasteiger partial charge in [0.05, 0.1) is 12.8 Å². The van der Waals surface area contributed by atoms with Crippen LogP contribution in [0.5, 0.6) is 0 Å². The first-order valence-electron chi connectivity index (χ1n) is 10.5. The second-order valence-electron chi connectivity index (χ2n) is 7.68. The smallest absolute Gasteiger partial charge is 0.343 e. The molecule has 1 saturated heterocycles. The average Bonchev–Trinajstić information content (AvgIpc) is 3.28. The molecule has 2 aliphatic rings. The molecule has 1 unspecified atom stereocenters. The Morgan fingerprint density at radius 1 is 1.23 bits per heavy atom. The van der Waals surface area contributed by atoms with E-state index in [0.717, 1.165) is 38.3 Å². The van der Waals surface area contributed by atoms with Gasteiger partial charge in [0.1, 0.15) is 23.4 Å². The number of nitrogens with zero attached hydrogens (tertiary/aromatic N) is 4. The number of aryl methyl sites for hydroxylation is 1. The van der Waals surface area contributed by atoms with Crippen molar-refractivity contribution < 1.29 is 9.53 Å². The summed E-state index contributed by atoms with van der Waals surface area (Å²) in [6.07, 6.45) is 6.19. The van der Waals surface area contributed by atoms with Crippen LogP contribution in [0.3, 0.4) is 0 Å². The van der Waals surface area contributed by atoms with Crippen LogP contribution < -0.4 is 20.9 Å². The summed E-state index contributed by atoms with van der Waals surface area (Å²) in [6.45, 7) is 4.28. The van der Waals surface area contributed by atoms with Crippen molar-refractivity contribution in [1.29, 1.82) is 0 Å². The number of hydrogen-bond acceptors (Lipinski definition) is 9. The Hall–Kier alpha value is -2.78. The van der Waals surface area contributed by atoms with E-state index in [9.17, 15) is 4.79 Å². The first kappa shape index (κ1) is 20.5. The third kappa shape index (κ3) is 4.36. The van der Waals surface area contributed by atoms with Gasteiger partial charge in [-0.25, -0.2) is 14.8 Å². The van der Waals surface area contributed by atoms with Gasteiger partial charge in [-0.15, -0.1) is 0 Å². The molecule has 0 aromatic carbocycles. The van der Waals surface area contributed by atoms with Crippen LogP contribution >= 0.6 is 0 Å². The van der Waals surface area contributed by atoms with Gasteiger partial charge in [0.15, 0.2) is 0 Å². The number of nitrogens with one attached hydrogen (secondary N) is 3. The number of methoxy groups -OCH3 is 1. The summed E-state index contributed by atoms with van der Waals surface area (Å²) >= 11 is 0. The van der Waals surface area contributed by atoms with Gasteiger partial charge in [0.25, 0.3) is 0 Å². The van der Waals surface area contributed by atoms with Crippen molar-refractivity contribution in [2.24, 2.45) is 0 Å². The lowest BCUT2D eigenvalue weighted by Crippen LogP contribution is -2.56. The molecule has 0 amide bonds. The molecule has 1 aliphatic carbocycles. The fraction of sp³-hybridized carbons (Fsp3) is 0.524. The Bertz CT molecular complexity index is 865. The lowest BCUT2D eigenvalue weighted by atomic mass is 10.2. The average molecular weight is 412 g/mol. The van der Waals surface area contributed by atoms with Gasteiger partial charge in [-0.3, -0.25) is 10.2 Å². The first-order valence-corrected chi connectivity index (χ1v) is 10.5. The van der Waals surface area contributed by atoms with Crippen molar-refractivity contribution in [3.8, 4) is 0 Å². The number of carbonyl (C=O) groups excluding carboxylic acids is 1. The van der Waals surface area contributed by atoms with Crippen LogP contribution in [0, 0.1) is 6.92 Å². The molecule has 9 heteroatoms. The molecule has 3 heterocycles. The quantitative estimate of drug-likeness (QED) is 0.616. The largest absolute Gasteiger partial charge is 0.465 e. The zero-order valence-corrected chi connectivity index (χ0v) is 17.5. The minimum atomic E-state index is -0.429. The summed E-state index contributed by atoms with van der Waals surface area (Å²) in [5, 5.41) is 10.4. The van der Waals surface area contributed by atoms with Crippen molar-refractivity contribution in [2.75, 3.05) is 37.0 Å². The molecule has 9 nitrogen and oxygen atoms in total. The number of hydrogen-bond donors (Lipinski definition) is 3. The van der Waals surface area contributed by atoms with Gasteiger partial charge in [-0.05, 0) is 31.9 Å². The molecule has 30 heavy (non-hydrogen) atoms. The lowest BCUT2D eigenvalue weighted by Gasteiger charge is -2.35. The number of piperazine rings is 1. The van der Waals surface area contributed by atoms with Gasteiger partial charge >= 0.3 is 5.97 Å². The van der Waals surface area contributed by atoms with Crippen LogP contribution in [0.15, 0.2) is 24.4 Å². The number of ether oxygens (including phenoxy) is 1. The van der Waals surface area contributed by atoms with Gasteiger partial charge in [0, 0.05) is 31.9 Å². The zero-order chi connectivity index (χ0) is 20.9. The second-order valence-corrected chi connectivity index (χ2v) is 7.68. The highest BCUT2D eigenvalue weighted by Gasteiger charge is 2.29. The molecule has 4 rings (SSSR count). The maximum atomic E-state index is 12.5. The molecule has 3 N–H and O–H groups in total. The molecule has 2 fully saturated rings. The van der Waals surface area contributed by atoms with Crippen LogP contribution in [0.2, 0.25) is 0 Å². The Morgan fingerprint density at radius 2 is 2.07 bits per heavy atom. The van der Waals surface area contributed by atoms with Gasteiger partial charge in [-0.2, -0.15) is 4.98 Å². The van der Waals surface area contributed by atoms with Crippen LogP contribution in [0.4, 0.5) is 17.6 Å². The van der Waals surface area contributed by atoms with E-state index in [4.69, 9.17) is 14.7 Å². The topological polar surface area (TPSA) is 104 Å². The Kier molecular flexibility index (Phi) is 6.39. The molecule has 0 bridgehead atoms. The number of carbonyl (C=O) groups is 1. The van der Waals surface area contributed by atoms with E-state index in [-0.39, 0.29) is 6.17 Å². The zero-order valence-electron chi connectivity index (χ0n) is 17.5. The van der Waals surface area contributed by atoms with Gasteiger partial charge < -0.3 is 15.4 Å². The minimum absolute atomic E-state index is 0.0589. The summed E-state index contributed by atoms with van der Waals surface area (Å²) in [7, 11) is 1.38. The molecular formula is C21H29N7O2. The van der Waals surface area contributed by atoms with E-state index in [0.29, 0.717) is 29.1 Å². The SMILES string of the molecule is COC(=O)c1c(C)nc(N(c2ccccn2)C2CNCCN2)nc1NC1CCCC1. The lowest BCUT2D eigenvalue weighted by molar-refractivity contribution is 0.0600. The van der Waals surface area contributed by atoms with Gasteiger partial charge in [0.2, 0.25) is 5.95 Å². The number of rotatable bonds is 6. The highest BCUT2D eigenvalue weighted by molar-refractivity contribution is 5.96. The van der Waals surface area contributed by atoms with Crippen molar-refractivity contribution in [2.45, 2.75) is 44.8 Å².